The summed E-state index contributed by atoms with van der Waals surface area (Å²) in [4.78, 5) is 69.2. The fourth-order valence-electron chi connectivity index (χ4n) is 10.2. The SMILES string of the molecule is C=CC(=O)OCCCCCCOc1ccc(OOCC2CCC(C(OO)c3ccc(OOCC4CCC(C(=O)Oc5ccc(OCCCCCCOC(=O)C=C)cc5)CC4)c(/C=N/N(CCCCCO)c4nc5ccccc5s4)c3)CC2)cc1. The Hall–Kier alpha value is -6.87. The average Bonchev–Trinajstić information content (AvgIpc) is 4.14. The Labute approximate surface area is 497 Å². The van der Waals surface area contributed by atoms with E-state index in [0.29, 0.717) is 94.0 Å². The van der Waals surface area contributed by atoms with Crippen LogP contribution in [0.15, 0.2) is 121 Å². The van der Waals surface area contributed by atoms with Crippen LogP contribution in [0.1, 0.15) is 139 Å². The van der Waals surface area contributed by atoms with Gasteiger partial charge in [0.05, 0.1) is 62.0 Å². The second-order valence-electron chi connectivity index (χ2n) is 21.3. The number of carbonyl (C=O) groups excluding carboxylic acids is 3. The number of nitrogens with zero attached hydrogens (tertiary/aromatic N) is 3. The Kier molecular flexibility index (Phi) is 28.3. The zero-order valence-corrected chi connectivity index (χ0v) is 49.1. The number of aliphatic hydroxyl groups excluding tert-OH is 1. The van der Waals surface area contributed by atoms with Crippen molar-refractivity contribution in [2.45, 2.75) is 128 Å². The molecule has 0 saturated heterocycles. The summed E-state index contributed by atoms with van der Waals surface area (Å²) in [5.41, 5.74) is 2.27. The van der Waals surface area contributed by atoms with E-state index in [0.717, 1.165) is 129 Å². The number of carbonyl (C=O) groups is 3. The first-order valence-electron chi connectivity index (χ1n) is 29.8. The summed E-state index contributed by atoms with van der Waals surface area (Å²) in [5.74, 6) is 2.12. The number of hydrazone groups is 1. The quantitative estimate of drug-likeness (QED) is 0.00712. The van der Waals surface area contributed by atoms with Crippen LogP contribution in [0.2, 0.25) is 0 Å². The van der Waals surface area contributed by atoms with Crippen LogP contribution in [0.25, 0.3) is 10.2 Å². The highest BCUT2D eigenvalue weighted by Gasteiger charge is 2.32. The lowest BCUT2D eigenvalue weighted by Crippen LogP contribution is -2.27. The molecule has 0 radical (unpaired) electrons. The lowest BCUT2D eigenvalue weighted by Gasteiger charge is -2.32. The smallest absolute Gasteiger partial charge is 0.330 e. The van der Waals surface area contributed by atoms with E-state index < -0.39 is 18.0 Å². The molecule has 2 aliphatic rings. The predicted molar refractivity (Wildman–Crippen MR) is 321 cm³/mol. The normalized spacial score (nSPS) is 17.3. The Morgan fingerprint density at radius 2 is 1.20 bits per heavy atom. The van der Waals surface area contributed by atoms with E-state index in [1.807, 2.05) is 71.7 Å². The molecule has 2 N–H and O–H groups in total. The third-order valence-electron chi connectivity index (χ3n) is 15.1. The predicted octanol–water partition coefficient (Wildman–Crippen LogP) is 13.7. The summed E-state index contributed by atoms with van der Waals surface area (Å²) >= 11 is 1.55. The average molecular weight is 1180 g/mol. The van der Waals surface area contributed by atoms with E-state index in [2.05, 4.69) is 13.2 Å². The molecule has 5 aromatic rings. The summed E-state index contributed by atoms with van der Waals surface area (Å²) in [5, 5.41) is 27.6. The third kappa shape index (κ3) is 22.3. The number of para-hydroxylation sites is 1. The molecule has 19 heteroatoms. The minimum absolute atomic E-state index is 0.0229. The summed E-state index contributed by atoms with van der Waals surface area (Å²) in [6.45, 7) is 10.2. The summed E-state index contributed by atoms with van der Waals surface area (Å²) in [7, 11) is 0. The van der Waals surface area contributed by atoms with Crippen molar-refractivity contribution in [1.82, 2.24) is 4.98 Å². The van der Waals surface area contributed by atoms with Crippen molar-refractivity contribution >= 4 is 50.8 Å². The van der Waals surface area contributed by atoms with E-state index in [1.54, 1.807) is 41.8 Å². The van der Waals surface area contributed by atoms with Gasteiger partial charge in [-0.15, -0.1) is 0 Å². The number of anilines is 1. The molecule has 454 valence electrons. The minimum atomic E-state index is -0.616. The molecular formula is C65H83N3O15S. The van der Waals surface area contributed by atoms with E-state index in [-0.39, 0.29) is 36.2 Å². The molecule has 7 rings (SSSR count). The number of esters is 3. The largest absolute Gasteiger partial charge is 0.494 e. The number of thiazole rings is 1. The number of benzene rings is 4. The first-order valence-corrected chi connectivity index (χ1v) is 30.6. The van der Waals surface area contributed by atoms with Gasteiger partial charge in [-0.2, -0.15) is 14.9 Å². The van der Waals surface area contributed by atoms with Gasteiger partial charge < -0.3 is 38.6 Å². The molecule has 1 heterocycles. The number of rotatable bonds is 39. The molecule has 18 nitrogen and oxygen atoms in total. The van der Waals surface area contributed by atoms with Gasteiger partial charge in [0.1, 0.15) is 23.4 Å². The summed E-state index contributed by atoms with van der Waals surface area (Å²) in [6, 6.07) is 28.1. The highest BCUT2D eigenvalue weighted by molar-refractivity contribution is 7.22. The topological polar surface area (TPSA) is 212 Å². The summed E-state index contributed by atoms with van der Waals surface area (Å²) in [6.07, 6.45) is 19.1. The highest BCUT2D eigenvalue weighted by atomic mass is 32.1. The zero-order valence-electron chi connectivity index (χ0n) is 48.2. The van der Waals surface area contributed by atoms with Crippen LogP contribution in [0.3, 0.4) is 0 Å². The molecule has 1 atom stereocenters. The summed E-state index contributed by atoms with van der Waals surface area (Å²) < 4.78 is 28.6. The van der Waals surface area contributed by atoms with Gasteiger partial charge in [0.25, 0.3) is 0 Å². The number of hydrogen-bond acceptors (Lipinski definition) is 19. The van der Waals surface area contributed by atoms with E-state index in [4.69, 9.17) is 58.2 Å². The Balaban J connectivity index is 0.887. The van der Waals surface area contributed by atoms with Gasteiger partial charge in [0.2, 0.25) is 5.13 Å². The van der Waals surface area contributed by atoms with Crippen molar-refractivity contribution in [3.63, 3.8) is 0 Å². The minimum Gasteiger partial charge on any atom is -0.494 e. The van der Waals surface area contributed by atoms with Crippen molar-refractivity contribution < 1.29 is 72.9 Å². The second-order valence-corrected chi connectivity index (χ2v) is 22.3. The molecule has 0 bridgehead atoms. The molecule has 2 aliphatic carbocycles. The maximum absolute atomic E-state index is 13.3. The Bertz CT molecular complexity index is 2740. The van der Waals surface area contributed by atoms with E-state index in [9.17, 15) is 24.7 Å². The number of hydrogen-bond donors (Lipinski definition) is 2. The molecule has 4 aromatic carbocycles. The lowest BCUT2D eigenvalue weighted by molar-refractivity contribution is -0.296. The van der Waals surface area contributed by atoms with Gasteiger partial charge in [-0.3, -0.25) is 10.1 Å². The highest BCUT2D eigenvalue weighted by Crippen LogP contribution is 2.40. The zero-order chi connectivity index (χ0) is 59.0. The Morgan fingerprint density at radius 1 is 0.643 bits per heavy atom. The second kappa shape index (κ2) is 36.8. The molecule has 0 spiro atoms. The first-order chi connectivity index (χ1) is 41.2. The number of fused-ring (bicyclic) bond motifs is 1. The molecular weight excluding hydrogens is 1090 g/mol. The van der Waals surface area contributed by atoms with Gasteiger partial charge in [-0.25, -0.2) is 24.5 Å². The van der Waals surface area contributed by atoms with Crippen molar-refractivity contribution in [3.8, 4) is 28.7 Å². The van der Waals surface area contributed by atoms with Crippen molar-refractivity contribution in [3.05, 3.63) is 127 Å². The van der Waals surface area contributed by atoms with Gasteiger partial charge >= 0.3 is 17.9 Å². The number of unbranched alkanes of at least 4 members (excludes halogenated alkanes) is 8. The number of aromatic nitrogens is 1. The van der Waals surface area contributed by atoms with Gasteiger partial charge in [-0.1, -0.05) is 42.7 Å². The monoisotopic (exact) mass is 1180 g/mol. The van der Waals surface area contributed by atoms with Crippen molar-refractivity contribution in [1.29, 1.82) is 0 Å². The molecule has 2 fully saturated rings. The maximum Gasteiger partial charge on any atom is 0.330 e. The molecule has 1 unspecified atom stereocenters. The van der Waals surface area contributed by atoms with Crippen LogP contribution >= 0.6 is 11.3 Å². The van der Waals surface area contributed by atoms with Crippen LogP contribution in [-0.2, 0) is 38.5 Å². The van der Waals surface area contributed by atoms with Crippen LogP contribution in [0.5, 0.6) is 28.7 Å². The Morgan fingerprint density at radius 3 is 1.80 bits per heavy atom. The van der Waals surface area contributed by atoms with Crippen LogP contribution in [-0.4, -0.2) is 92.3 Å². The van der Waals surface area contributed by atoms with Crippen LogP contribution in [0, 0.1) is 23.7 Å². The fourth-order valence-corrected chi connectivity index (χ4v) is 11.1. The van der Waals surface area contributed by atoms with E-state index in [1.165, 1.54) is 12.2 Å². The third-order valence-corrected chi connectivity index (χ3v) is 16.1. The standard InChI is InChI=1S/C65H83N3O15S/c1-3-61(70)76-42-16-7-5-14-40-74-54-29-33-56(34-30-54)80-64(72)51-26-22-49(23-27-51)47-79-83-59-37-28-52(44-53(59)45-66-68(38-12-9-13-39-69)65-67-58-18-10-11-19-60(58)84-65)63(81-73)50-24-20-48(21-25-50)46-78-82-57-35-31-55(32-36-57)75-41-15-6-8-17-43-77-62(71)4-2/h3-4,10-11,18-19,28-37,44-45,48-51,63,69,73H,1-2,5-9,12-17,20-27,38-43,46-47H2/b66-45+. The van der Waals surface area contributed by atoms with Crippen LogP contribution < -0.4 is 29.0 Å². The molecule has 84 heavy (non-hydrogen) atoms. The van der Waals surface area contributed by atoms with Gasteiger partial charge in [0, 0.05) is 30.9 Å². The molecule has 0 amide bonds. The van der Waals surface area contributed by atoms with Crippen molar-refractivity contribution in [2.24, 2.45) is 28.8 Å². The van der Waals surface area contributed by atoms with Crippen molar-refractivity contribution in [2.75, 3.05) is 57.8 Å². The lowest BCUT2D eigenvalue weighted by atomic mass is 9.78. The van der Waals surface area contributed by atoms with E-state index >= 15 is 0 Å². The van der Waals surface area contributed by atoms with Gasteiger partial charge in [0.15, 0.2) is 11.5 Å². The number of ether oxygens (including phenoxy) is 5. The fraction of sp³-hybridized carbons (Fsp3) is 0.492. The molecule has 0 aliphatic heterocycles. The van der Waals surface area contributed by atoms with Gasteiger partial charge in [-0.05, 0) is 218 Å². The molecule has 2 saturated carbocycles. The maximum atomic E-state index is 13.3. The van der Waals surface area contributed by atoms with Crippen LogP contribution in [0.4, 0.5) is 5.13 Å². The number of aliphatic hydroxyl groups is 1. The molecule has 1 aromatic heterocycles. The first kappa shape index (κ1) is 64.7.